The number of hydrogen-bond donors (Lipinski definition) is 0. The Labute approximate surface area is 109 Å². The van der Waals surface area contributed by atoms with Crippen LogP contribution in [0, 0.1) is 0 Å². The summed E-state index contributed by atoms with van der Waals surface area (Å²) in [6, 6.07) is 10.2. The normalized spacial score (nSPS) is 21.7. The zero-order valence-electron chi connectivity index (χ0n) is 11.0. The molecular weight excluding hydrogens is 228 g/mol. The van der Waals surface area contributed by atoms with Crippen molar-refractivity contribution in [1.29, 1.82) is 0 Å². The van der Waals surface area contributed by atoms with Crippen molar-refractivity contribution in [1.82, 2.24) is 0 Å². The van der Waals surface area contributed by atoms with Gasteiger partial charge in [-0.1, -0.05) is 30.3 Å². The maximum absolute atomic E-state index is 5.78. The second-order valence-electron chi connectivity index (χ2n) is 4.74. The molecule has 100 valence electrons. The van der Waals surface area contributed by atoms with Crippen LogP contribution in [0.3, 0.4) is 0 Å². The maximum Gasteiger partial charge on any atom is 0.158 e. The molecule has 3 nitrogen and oxygen atoms in total. The molecule has 0 bridgehead atoms. The first kappa shape index (κ1) is 13.5. The Morgan fingerprint density at radius 3 is 2.83 bits per heavy atom. The van der Waals surface area contributed by atoms with Gasteiger partial charge in [-0.2, -0.15) is 0 Å². The van der Waals surface area contributed by atoms with Crippen LogP contribution < -0.4 is 0 Å². The zero-order chi connectivity index (χ0) is 12.6. The molecule has 0 saturated carbocycles. The van der Waals surface area contributed by atoms with Gasteiger partial charge in [0.2, 0.25) is 0 Å². The van der Waals surface area contributed by atoms with Gasteiger partial charge in [0.25, 0.3) is 0 Å². The van der Waals surface area contributed by atoms with Crippen LogP contribution >= 0.6 is 0 Å². The SMILES string of the molecule is C[C@@H](COCc1ccccc1)OC1CCCCO1. The number of benzene rings is 1. The molecule has 18 heavy (non-hydrogen) atoms. The monoisotopic (exact) mass is 250 g/mol. The Bertz CT molecular complexity index is 320. The lowest BCUT2D eigenvalue weighted by molar-refractivity contribution is -0.194. The molecule has 1 aliphatic rings. The molecule has 0 amide bonds. The summed E-state index contributed by atoms with van der Waals surface area (Å²) < 4.78 is 17.0. The van der Waals surface area contributed by atoms with E-state index in [1.165, 1.54) is 12.0 Å². The van der Waals surface area contributed by atoms with Gasteiger partial charge in [0.1, 0.15) is 0 Å². The van der Waals surface area contributed by atoms with Crippen LogP contribution in [0.1, 0.15) is 31.7 Å². The van der Waals surface area contributed by atoms with Gasteiger partial charge in [0, 0.05) is 6.61 Å². The van der Waals surface area contributed by atoms with E-state index < -0.39 is 0 Å². The number of hydrogen-bond acceptors (Lipinski definition) is 3. The van der Waals surface area contributed by atoms with E-state index in [1.54, 1.807) is 0 Å². The summed E-state index contributed by atoms with van der Waals surface area (Å²) >= 11 is 0. The number of ether oxygens (including phenoxy) is 3. The Kier molecular flexibility index (Phi) is 5.65. The Morgan fingerprint density at radius 1 is 1.28 bits per heavy atom. The summed E-state index contributed by atoms with van der Waals surface area (Å²) in [4.78, 5) is 0. The molecule has 0 spiro atoms. The van der Waals surface area contributed by atoms with Crippen molar-refractivity contribution in [3.05, 3.63) is 35.9 Å². The van der Waals surface area contributed by atoms with Crippen molar-refractivity contribution < 1.29 is 14.2 Å². The lowest BCUT2D eigenvalue weighted by atomic mass is 10.2. The molecule has 2 atom stereocenters. The molecule has 1 fully saturated rings. The first-order valence-corrected chi connectivity index (χ1v) is 6.73. The van der Waals surface area contributed by atoms with Crippen LogP contribution in [-0.2, 0) is 20.8 Å². The quantitative estimate of drug-likeness (QED) is 0.776. The second-order valence-corrected chi connectivity index (χ2v) is 4.74. The lowest BCUT2D eigenvalue weighted by Gasteiger charge is -2.25. The van der Waals surface area contributed by atoms with Gasteiger partial charge in [-0.05, 0) is 31.7 Å². The molecule has 1 unspecified atom stereocenters. The highest BCUT2D eigenvalue weighted by Crippen LogP contribution is 2.15. The van der Waals surface area contributed by atoms with Crippen molar-refractivity contribution in [2.24, 2.45) is 0 Å². The Balaban J connectivity index is 1.61. The molecular formula is C15H22O3. The number of rotatable bonds is 6. The van der Waals surface area contributed by atoms with Gasteiger partial charge < -0.3 is 14.2 Å². The third kappa shape index (κ3) is 4.77. The third-order valence-electron chi connectivity index (χ3n) is 2.99. The van der Waals surface area contributed by atoms with Gasteiger partial charge in [0.15, 0.2) is 6.29 Å². The molecule has 0 aromatic heterocycles. The fourth-order valence-electron chi connectivity index (χ4n) is 2.03. The van der Waals surface area contributed by atoms with Crippen LogP contribution in [0.25, 0.3) is 0 Å². The molecule has 0 aliphatic carbocycles. The van der Waals surface area contributed by atoms with Gasteiger partial charge in [-0.15, -0.1) is 0 Å². The predicted molar refractivity (Wildman–Crippen MR) is 70.2 cm³/mol. The van der Waals surface area contributed by atoms with E-state index >= 15 is 0 Å². The van der Waals surface area contributed by atoms with Gasteiger partial charge in [-0.25, -0.2) is 0 Å². The summed E-state index contributed by atoms with van der Waals surface area (Å²) in [6.07, 6.45) is 3.40. The first-order chi connectivity index (χ1) is 8.84. The average Bonchev–Trinajstić information content (AvgIpc) is 2.41. The highest BCUT2D eigenvalue weighted by Gasteiger charge is 2.17. The fraction of sp³-hybridized carbons (Fsp3) is 0.600. The highest BCUT2D eigenvalue weighted by atomic mass is 16.7. The van der Waals surface area contributed by atoms with Crippen LogP contribution in [0.5, 0.6) is 0 Å². The van der Waals surface area contributed by atoms with E-state index in [9.17, 15) is 0 Å². The minimum Gasteiger partial charge on any atom is -0.374 e. The summed E-state index contributed by atoms with van der Waals surface area (Å²) in [6.45, 7) is 4.10. The van der Waals surface area contributed by atoms with Gasteiger partial charge in [-0.3, -0.25) is 0 Å². The summed E-state index contributed by atoms with van der Waals surface area (Å²) in [5.74, 6) is 0. The van der Waals surface area contributed by atoms with Crippen LogP contribution in [0.4, 0.5) is 0 Å². The topological polar surface area (TPSA) is 27.7 Å². The molecule has 1 aromatic carbocycles. The predicted octanol–water partition coefficient (Wildman–Crippen LogP) is 3.13. The Morgan fingerprint density at radius 2 is 2.11 bits per heavy atom. The molecule has 1 saturated heterocycles. The van der Waals surface area contributed by atoms with Crippen molar-refractivity contribution in [3.63, 3.8) is 0 Å². The second kappa shape index (κ2) is 7.52. The molecule has 2 rings (SSSR count). The minimum atomic E-state index is -0.0333. The lowest BCUT2D eigenvalue weighted by Crippen LogP contribution is -2.28. The molecule has 0 radical (unpaired) electrons. The molecule has 0 N–H and O–H groups in total. The molecule has 1 aromatic rings. The molecule has 1 heterocycles. The maximum atomic E-state index is 5.78. The van der Waals surface area contributed by atoms with Gasteiger partial charge >= 0.3 is 0 Å². The standard InChI is InChI=1S/C15H22O3/c1-13(18-15-9-5-6-10-17-15)11-16-12-14-7-3-2-4-8-14/h2-4,7-8,13,15H,5-6,9-12H2,1H3/t13-,15?/m0/s1. The Hall–Kier alpha value is -0.900. The van der Waals surface area contributed by atoms with E-state index in [2.05, 4.69) is 12.1 Å². The van der Waals surface area contributed by atoms with E-state index in [-0.39, 0.29) is 12.4 Å². The van der Waals surface area contributed by atoms with Crippen molar-refractivity contribution in [2.75, 3.05) is 13.2 Å². The van der Waals surface area contributed by atoms with E-state index in [0.717, 1.165) is 19.4 Å². The first-order valence-electron chi connectivity index (χ1n) is 6.73. The van der Waals surface area contributed by atoms with Crippen LogP contribution in [-0.4, -0.2) is 25.6 Å². The summed E-state index contributed by atoms with van der Waals surface area (Å²) in [7, 11) is 0. The van der Waals surface area contributed by atoms with E-state index in [0.29, 0.717) is 13.2 Å². The third-order valence-corrected chi connectivity index (χ3v) is 2.99. The van der Waals surface area contributed by atoms with Crippen molar-refractivity contribution in [3.8, 4) is 0 Å². The molecule has 3 heteroatoms. The van der Waals surface area contributed by atoms with E-state index in [1.807, 2.05) is 25.1 Å². The summed E-state index contributed by atoms with van der Waals surface area (Å²) in [5, 5.41) is 0. The van der Waals surface area contributed by atoms with Gasteiger partial charge in [0.05, 0.1) is 19.3 Å². The molecule has 1 aliphatic heterocycles. The fourth-order valence-corrected chi connectivity index (χ4v) is 2.03. The largest absolute Gasteiger partial charge is 0.374 e. The smallest absolute Gasteiger partial charge is 0.158 e. The van der Waals surface area contributed by atoms with Crippen LogP contribution in [0.2, 0.25) is 0 Å². The van der Waals surface area contributed by atoms with Crippen molar-refractivity contribution in [2.45, 2.75) is 45.2 Å². The van der Waals surface area contributed by atoms with E-state index in [4.69, 9.17) is 14.2 Å². The van der Waals surface area contributed by atoms with Crippen LogP contribution in [0.15, 0.2) is 30.3 Å². The highest BCUT2D eigenvalue weighted by molar-refractivity contribution is 5.13. The van der Waals surface area contributed by atoms with Crippen molar-refractivity contribution >= 4 is 0 Å². The average molecular weight is 250 g/mol. The minimum absolute atomic E-state index is 0.0333. The summed E-state index contributed by atoms with van der Waals surface area (Å²) in [5.41, 5.74) is 1.19. The zero-order valence-corrected chi connectivity index (χ0v) is 11.0.